The van der Waals surface area contributed by atoms with E-state index in [4.69, 9.17) is 14.2 Å². The van der Waals surface area contributed by atoms with Gasteiger partial charge in [-0.15, -0.1) is 0 Å². The summed E-state index contributed by atoms with van der Waals surface area (Å²) < 4.78 is 16.7. The van der Waals surface area contributed by atoms with E-state index in [-0.39, 0.29) is 0 Å². The second kappa shape index (κ2) is 11.9. The van der Waals surface area contributed by atoms with Gasteiger partial charge in [0, 0.05) is 37.9 Å². The molecule has 0 atom stereocenters. The average Bonchev–Trinajstić information content (AvgIpc) is 2.72. The number of para-hydroxylation sites is 1. The van der Waals surface area contributed by atoms with Crippen LogP contribution in [0.5, 0.6) is 11.5 Å². The van der Waals surface area contributed by atoms with Crippen molar-refractivity contribution in [3.05, 3.63) is 59.2 Å². The number of rotatable bonds is 10. The molecule has 0 spiro atoms. The van der Waals surface area contributed by atoms with Crippen molar-refractivity contribution >= 4 is 5.96 Å². The number of nitrogens with one attached hydrogen (secondary N) is 2. The zero-order chi connectivity index (χ0) is 20.2. The van der Waals surface area contributed by atoms with Crippen molar-refractivity contribution in [1.29, 1.82) is 0 Å². The van der Waals surface area contributed by atoms with Crippen LogP contribution in [0.25, 0.3) is 0 Å². The molecule has 152 valence electrons. The maximum absolute atomic E-state index is 5.90. The molecule has 6 heteroatoms. The highest BCUT2D eigenvalue weighted by Crippen LogP contribution is 2.20. The van der Waals surface area contributed by atoms with Crippen LogP contribution in [0.15, 0.2) is 47.5 Å². The number of methoxy groups -OCH3 is 1. The maximum atomic E-state index is 5.90. The van der Waals surface area contributed by atoms with Crippen LogP contribution in [0.3, 0.4) is 0 Å². The highest BCUT2D eigenvalue weighted by Gasteiger charge is 2.07. The topological polar surface area (TPSA) is 64.1 Å². The van der Waals surface area contributed by atoms with Crippen LogP contribution in [0.2, 0.25) is 0 Å². The second-order valence-electron chi connectivity index (χ2n) is 6.25. The summed E-state index contributed by atoms with van der Waals surface area (Å²) in [5.41, 5.74) is 3.31. The summed E-state index contributed by atoms with van der Waals surface area (Å²) >= 11 is 0. The molecule has 0 aliphatic carbocycles. The Morgan fingerprint density at radius 3 is 2.36 bits per heavy atom. The lowest BCUT2D eigenvalue weighted by molar-refractivity contribution is 0.110. The molecule has 0 bridgehead atoms. The molecule has 2 N–H and O–H groups in total. The van der Waals surface area contributed by atoms with Gasteiger partial charge in [-0.05, 0) is 31.5 Å². The lowest BCUT2D eigenvalue weighted by Gasteiger charge is -2.16. The lowest BCUT2D eigenvalue weighted by atomic mass is 10.1. The standard InChI is InChI=1S/C22H31N3O3/c1-5-27-12-13-28-21-14-17(2)10-11-19(21)16-25-22(23-3)24-15-18-8-6-7-9-20(18)26-4/h6-11,14H,5,12-13,15-16H2,1-4H3,(H2,23,24,25). The van der Waals surface area contributed by atoms with E-state index in [0.717, 1.165) is 28.2 Å². The normalized spacial score (nSPS) is 11.2. The van der Waals surface area contributed by atoms with Gasteiger partial charge in [-0.2, -0.15) is 0 Å². The molecular weight excluding hydrogens is 354 g/mol. The summed E-state index contributed by atoms with van der Waals surface area (Å²) in [6.07, 6.45) is 0. The molecule has 0 amide bonds. The Labute approximate surface area is 167 Å². The number of nitrogens with zero attached hydrogens (tertiary/aromatic N) is 1. The van der Waals surface area contributed by atoms with Crippen molar-refractivity contribution in [1.82, 2.24) is 10.6 Å². The Morgan fingerprint density at radius 1 is 0.964 bits per heavy atom. The van der Waals surface area contributed by atoms with Crippen LogP contribution in [-0.4, -0.2) is 39.9 Å². The van der Waals surface area contributed by atoms with E-state index in [1.165, 1.54) is 0 Å². The first-order valence-corrected chi connectivity index (χ1v) is 9.54. The summed E-state index contributed by atoms with van der Waals surface area (Å²) in [5, 5.41) is 6.66. The number of guanidine groups is 1. The first-order chi connectivity index (χ1) is 13.7. The molecule has 2 rings (SSSR count). The van der Waals surface area contributed by atoms with Gasteiger partial charge in [0.1, 0.15) is 18.1 Å². The maximum Gasteiger partial charge on any atom is 0.191 e. The zero-order valence-electron chi connectivity index (χ0n) is 17.2. The van der Waals surface area contributed by atoms with Crippen molar-refractivity contribution in [2.45, 2.75) is 26.9 Å². The third kappa shape index (κ3) is 6.78. The molecule has 0 aromatic heterocycles. The van der Waals surface area contributed by atoms with Crippen molar-refractivity contribution < 1.29 is 14.2 Å². The molecule has 0 aliphatic rings. The van der Waals surface area contributed by atoms with Gasteiger partial charge in [-0.3, -0.25) is 4.99 Å². The summed E-state index contributed by atoms with van der Waals surface area (Å²) in [7, 11) is 3.43. The number of hydrogen-bond acceptors (Lipinski definition) is 4. The molecule has 0 saturated carbocycles. The number of hydrogen-bond donors (Lipinski definition) is 2. The van der Waals surface area contributed by atoms with Gasteiger partial charge in [-0.1, -0.05) is 30.3 Å². The van der Waals surface area contributed by atoms with Crippen molar-refractivity contribution in [3.63, 3.8) is 0 Å². The predicted octanol–water partition coefficient (Wildman–Crippen LogP) is 3.28. The monoisotopic (exact) mass is 385 g/mol. The summed E-state index contributed by atoms with van der Waals surface area (Å²) in [5.74, 6) is 2.44. The Bertz CT molecular complexity index is 762. The molecule has 0 aliphatic heterocycles. The Hall–Kier alpha value is -2.73. The van der Waals surface area contributed by atoms with Gasteiger partial charge in [0.15, 0.2) is 5.96 Å². The molecule has 0 saturated heterocycles. The van der Waals surface area contributed by atoms with E-state index >= 15 is 0 Å². The van der Waals surface area contributed by atoms with E-state index < -0.39 is 0 Å². The molecule has 2 aromatic carbocycles. The minimum atomic E-state index is 0.533. The number of aryl methyl sites for hydroxylation is 1. The van der Waals surface area contributed by atoms with Gasteiger partial charge in [-0.25, -0.2) is 0 Å². The fourth-order valence-corrected chi connectivity index (χ4v) is 2.72. The van der Waals surface area contributed by atoms with Crippen LogP contribution in [0.4, 0.5) is 0 Å². The number of ether oxygens (including phenoxy) is 3. The molecule has 2 aromatic rings. The summed E-state index contributed by atoms with van der Waals surface area (Å²) in [6, 6.07) is 14.1. The quantitative estimate of drug-likeness (QED) is 0.373. The Kier molecular flexibility index (Phi) is 9.15. The molecule has 0 fully saturated rings. The van der Waals surface area contributed by atoms with E-state index in [0.29, 0.717) is 38.9 Å². The number of benzene rings is 2. The molecule has 0 unspecified atom stereocenters. The van der Waals surface area contributed by atoms with Gasteiger partial charge in [0.2, 0.25) is 0 Å². The first kappa shape index (κ1) is 21.6. The largest absolute Gasteiger partial charge is 0.496 e. The van der Waals surface area contributed by atoms with Gasteiger partial charge in [0.05, 0.1) is 13.7 Å². The smallest absolute Gasteiger partial charge is 0.191 e. The fraction of sp³-hybridized carbons (Fsp3) is 0.409. The van der Waals surface area contributed by atoms with Crippen molar-refractivity contribution in [2.75, 3.05) is 34.0 Å². The zero-order valence-corrected chi connectivity index (χ0v) is 17.2. The number of aliphatic imine (C=N–C) groups is 1. The van der Waals surface area contributed by atoms with Gasteiger partial charge in [0.25, 0.3) is 0 Å². The van der Waals surface area contributed by atoms with E-state index in [1.807, 2.05) is 37.3 Å². The van der Waals surface area contributed by atoms with Gasteiger partial charge >= 0.3 is 0 Å². The highest BCUT2D eigenvalue weighted by atomic mass is 16.5. The van der Waals surface area contributed by atoms with Crippen molar-refractivity contribution in [3.8, 4) is 11.5 Å². The summed E-state index contributed by atoms with van der Waals surface area (Å²) in [6.45, 7) is 7.07. The van der Waals surface area contributed by atoms with Gasteiger partial charge < -0.3 is 24.8 Å². The van der Waals surface area contributed by atoms with Crippen LogP contribution < -0.4 is 20.1 Å². The van der Waals surface area contributed by atoms with Crippen LogP contribution >= 0.6 is 0 Å². The highest BCUT2D eigenvalue weighted by molar-refractivity contribution is 5.79. The average molecular weight is 386 g/mol. The van der Waals surface area contributed by atoms with E-state index in [1.54, 1.807) is 14.2 Å². The molecule has 28 heavy (non-hydrogen) atoms. The Morgan fingerprint density at radius 2 is 1.68 bits per heavy atom. The van der Waals surface area contributed by atoms with Crippen LogP contribution in [-0.2, 0) is 17.8 Å². The minimum Gasteiger partial charge on any atom is -0.496 e. The van der Waals surface area contributed by atoms with Crippen molar-refractivity contribution in [2.24, 2.45) is 4.99 Å². The predicted molar refractivity (Wildman–Crippen MR) is 113 cm³/mol. The molecule has 0 heterocycles. The SMILES string of the molecule is CCOCCOc1cc(C)ccc1CNC(=NC)NCc1ccccc1OC. The molecular formula is C22H31N3O3. The van der Waals surface area contributed by atoms with E-state index in [2.05, 4.69) is 34.7 Å². The third-order valence-electron chi connectivity index (χ3n) is 4.22. The first-order valence-electron chi connectivity index (χ1n) is 9.54. The fourth-order valence-electron chi connectivity index (χ4n) is 2.72. The van der Waals surface area contributed by atoms with Crippen LogP contribution in [0, 0.1) is 6.92 Å². The minimum absolute atomic E-state index is 0.533. The van der Waals surface area contributed by atoms with Crippen LogP contribution in [0.1, 0.15) is 23.6 Å². The molecule has 6 nitrogen and oxygen atoms in total. The Balaban J connectivity index is 1.93. The summed E-state index contributed by atoms with van der Waals surface area (Å²) in [4.78, 5) is 4.30. The lowest BCUT2D eigenvalue weighted by Crippen LogP contribution is -2.36. The molecule has 0 radical (unpaired) electrons. The third-order valence-corrected chi connectivity index (χ3v) is 4.22. The second-order valence-corrected chi connectivity index (χ2v) is 6.25. The van der Waals surface area contributed by atoms with E-state index in [9.17, 15) is 0 Å².